The van der Waals surface area contributed by atoms with Crippen LogP contribution in [0.3, 0.4) is 0 Å². The smallest absolute Gasteiger partial charge is 0.328 e. The molecule has 3 aromatic rings. The number of carbonyl (C=O) groups is 6. The summed E-state index contributed by atoms with van der Waals surface area (Å²) in [5.74, 6) is -5.31. The second kappa shape index (κ2) is 16.7. The van der Waals surface area contributed by atoms with E-state index < -0.39 is 59.0 Å². The summed E-state index contributed by atoms with van der Waals surface area (Å²) in [6, 6.07) is 21.8. The summed E-state index contributed by atoms with van der Waals surface area (Å²) in [5.41, 5.74) is 1.48. The first-order valence-corrected chi connectivity index (χ1v) is 16.1. The van der Waals surface area contributed by atoms with Crippen LogP contribution in [-0.2, 0) is 53.4 Å². The Kier molecular flexibility index (Phi) is 13.0. The summed E-state index contributed by atoms with van der Waals surface area (Å²) in [6.45, 7) is 10.1. The molecule has 0 aromatic heterocycles. The molecular weight excluding hydrogens is 624 g/mol. The Balaban J connectivity index is 1.75. The van der Waals surface area contributed by atoms with Gasteiger partial charge in [-0.15, -0.1) is 0 Å². The fourth-order valence-electron chi connectivity index (χ4n) is 4.93. The highest BCUT2D eigenvalue weighted by Crippen LogP contribution is 2.22. The van der Waals surface area contributed by atoms with Gasteiger partial charge in [0.1, 0.15) is 17.6 Å². The van der Waals surface area contributed by atoms with E-state index in [2.05, 4.69) is 42.0 Å². The maximum atomic E-state index is 13.4. The molecule has 0 spiro atoms. The van der Waals surface area contributed by atoms with Crippen molar-refractivity contribution in [3.8, 4) is 0 Å². The lowest BCUT2D eigenvalue weighted by Crippen LogP contribution is -2.59. The summed E-state index contributed by atoms with van der Waals surface area (Å²) in [6.07, 6.45) is 0.144. The van der Waals surface area contributed by atoms with Crippen LogP contribution in [0.15, 0.2) is 84.9 Å². The zero-order chi connectivity index (χ0) is 36.4. The molecule has 0 heterocycles. The predicted octanol–water partition coefficient (Wildman–Crippen LogP) is 3.03. The third-order valence-corrected chi connectivity index (χ3v) is 7.97. The van der Waals surface area contributed by atoms with Crippen LogP contribution in [0.1, 0.15) is 63.8 Å². The Labute approximate surface area is 287 Å². The maximum absolute atomic E-state index is 13.4. The number of carbonyl (C=O) groups excluding carboxylic acids is 5. The molecule has 0 aliphatic heterocycles. The molecule has 11 nitrogen and oxygen atoms in total. The summed E-state index contributed by atoms with van der Waals surface area (Å²) in [7, 11) is 0. The Morgan fingerprint density at radius 3 is 1.63 bits per heavy atom. The summed E-state index contributed by atoms with van der Waals surface area (Å²) in [4.78, 5) is 77.8. The Morgan fingerprint density at radius 1 is 0.633 bits per heavy atom. The molecule has 0 aliphatic rings. The average molecular weight is 671 g/mol. The van der Waals surface area contributed by atoms with Gasteiger partial charge in [0.15, 0.2) is 0 Å². The van der Waals surface area contributed by atoms with Crippen LogP contribution in [0.4, 0.5) is 0 Å². The second-order valence-electron chi connectivity index (χ2n) is 13.7. The molecule has 5 N–H and O–H groups in total. The lowest BCUT2D eigenvalue weighted by Gasteiger charge is -2.26. The van der Waals surface area contributed by atoms with Crippen LogP contribution in [0.25, 0.3) is 0 Å². The van der Waals surface area contributed by atoms with Gasteiger partial charge < -0.3 is 26.4 Å². The number of ketones is 1. The molecule has 0 bridgehead atoms. The van der Waals surface area contributed by atoms with E-state index in [0.717, 1.165) is 16.7 Å². The molecule has 11 heteroatoms. The highest BCUT2D eigenvalue weighted by Gasteiger charge is 2.35. The number of amides is 4. The average Bonchev–Trinajstić information content (AvgIpc) is 3.04. The van der Waals surface area contributed by atoms with Gasteiger partial charge in [-0.2, -0.15) is 0 Å². The minimum absolute atomic E-state index is 0.0295. The van der Waals surface area contributed by atoms with Crippen molar-refractivity contribution < 1.29 is 33.9 Å². The predicted molar refractivity (Wildman–Crippen MR) is 185 cm³/mol. The van der Waals surface area contributed by atoms with E-state index in [0.29, 0.717) is 5.56 Å². The molecule has 3 rings (SSSR count). The normalized spacial score (nSPS) is 13.3. The number of nitrogens with one attached hydrogen (secondary N) is 4. The van der Waals surface area contributed by atoms with Gasteiger partial charge >= 0.3 is 5.97 Å². The molecule has 0 saturated heterocycles. The first kappa shape index (κ1) is 38.1. The van der Waals surface area contributed by atoms with E-state index in [1.165, 1.54) is 20.8 Å². The van der Waals surface area contributed by atoms with Crippen molar-refractivity contribution in [3.05, 3.63) is 107 Å². The third-order valence-electron chi connectivity index (χ3n) is 7.97. The molecule has 3 atom stereocenters. The van der Waals surface area contributed by atoms with Crippen LogP contribution < -0.4 is 21.3 Å². The van der Waals surface area contributed by atoms with E-state index in [9.17, 15) is 33.9 Å². The molecule has 49 heavy (non-hydrogen) atoms. The van der Waals surface area contributed by atoms with Crippen LogP contribution in [-0.4, -0.2) is 64.2 Å². The fraction of sp³-hybridized carbons (Fsp3) is 0.368. The maximum Gasteiger partial charge on any atom is 0.328 e. The molecule has 0 aliphatic carbocycles. The van der Waals surface area contributed by atoms with E-state index in [1.807, 2.05) is 24.3 Å². The topological polar surface area (TPSA) is 171 Å². The lowest BCUT2D eigenvalue weighted by molar-refractivity contribution is -0.146. The van der Waals surface area contributed by atoms with Crippen molar-refractivity contribution in [2.24, 2.45) is 0 Å². The van der Waals surface area contributed by atoms with E-state index >= 15 is 0 Å². The number of carboxylic acid groups (broad SMARTS) is 1. The Bertz CT molecular complexity index is 1630. The Hall–Kier alpha value is -5.32. The number of carboxylic acids is 1. The number of hydrogen-bond donors (Lipinski definition) is 5. The number of rotatable bonds is 15. The summed E-state index contributed by atoms with van der Waals surface area (Å²) < 4.78 is 0. The first-order valence-electron chi connectivity index (χ1n) is 16.1. The Morgan fingerprint density at radius 2 is 1.12 bits per heavy atom. The number of hydrogen-bond acceptors (Lipinski definition) is 6. The van der Waals surface area contributed by atoms with Gasteiger partial charge in [0.25, 0.3) is 5.91 Å². The SMILES string of the molecule is CC(NC(=O)[C@H](Cc1ccccc1)NC(=O)Cc1ccccc1)C(=O)C(=O)N[C@@H](Cc1ccc(C(C)(C)C)cc1)C(=O)NC(C)(C)C(=O)O. The highest BCUT2D eigenvalue weighted by atomic mass is 16.4. The summed E-state index contributed by atoms with van der Waals surface area (Å²) in [5, 5.41) is 19.7. The molecule has 0 radical (unpaired) electrons. The molecule has 1 unspecified atom stereocenters. The van der Waals surface area contributed by atoms with Crippen LogP contribution in [0.2, 0.25) is 0 Å². The van der Waals surface area contributed by atoms with Crippen molar-refractivity contribution >= 4 is 35.4 Å². The van der Waals surface area contributed by atoms with Gasteiger partial charge in [-0.1, -0.05) is 106 Å². The standard InChI is InChI=1S/C38H46N4O7/c1-24(39-33(45)29(21-25-13-9-7-10-14-25)40-31(43)23-26-15-11-8-12-16-26)32(44)35(47)41-30(34(46)42-38(5,6)36(48)49)22-27-17-19-28(20-18-27)37(2,3)4/h7-20,24,29-30H,21-23H2,1-6H3,(H,39,45)(H,40,43)(H,41,47)(H,42,46)(H,48,49)/t24?,29-,30-/m0/s1. The monoisotopic (exact) mass is 670 g/mol. The van der Waals surface area contributed by atoms with Crippen molar-refractivity contribution in [3.63, 3.8) is 0 Å². The van der Waals surface area contributed by atoms with E-state index in [4.69, 9.17) is 0 Å². The van der Waals surface area contributed by atoms with Gasteiger partial charge in [0, 0.05) is 12.8 Å². The lowest BCUT2D eigenvalue weighted by atomic mass is 9.86. The van der Waals surface area contributed by atoms with Crippen molar-refractivity contribution in [1.82, 2.24) is 21.3 Å². The molecular formula is C38H46N4O7. The minimum atomic E-state index is -1.65. The number of benzene rings is 3. The van der Waals surface area contributed by atoms with E-state index in [-0.39, 0.29) is 24.7 Å². The number of Topliss-reactive ketones (excluding diaryl/α,β-unsaturated/α-hetero) is 1. The van der Waals surface area contributed by atoms with E-state index in [1.54, 1.807) is 60.7 Å². The van der Waals surface area contributed by atoms with Gasteiger partial charge in [-0.3, -0.25) is 24.0 Å². The first-order chi connectivity index (χ1) is 23.0. The second-order valence-corrected chi connectivity index (χ2v) is 13.7. The van der Waals surface area contributed by atoms with Crippen molar-refractivity contribution in [2.45, 2.75) is 89.9 Å². The number of aliphatic carboxylic acids is 1. The van der Waals surface area contributed by atoms with Gasteiger partial charge in [-0.05, 0) is 48.4 Å². The van der Waals surface area contributed by atoms with Crippen LogP contribution in [0, 0.1) is 0 Å². The fourth-order valence-corrected chi connectivity index (χ4v) is 4.93. The highest BCUT2D eigenvalue weighted by molar-refractivity contribution is 6.38. The quantitative estimate of drug-likeness (QED) is 0.155. The van der Waals surface area contributed by atoms with Gasteiger partial charge in [-0.25, -0.2) is 4.79 Å². The van der Waals surface area contributed by atoms with Crippen LogP contribution in [0.5, 0.6) is 0 Å². The largest absolute Gasteiger partial charge is 0.480 e. The van der Waals surface area contributed by atoms with Crippen LogP contribution >= 0.6 is 0 Å². The van der Waals surface area contributed by atoms with Crippen molar-refractivity contribution in [2.75, 3.05) is 0 Å². The summed E-state index contributed by atoms with van der Waals surface area (Å²) >= 11 is 0. The zero-order valence-electron chi connectivity index (χ0n) is 28.8. The molecule has 0 saturated carbocycles. The third kappa shape index (κ3) is 11.7. The van der Waals surface area contributed by atoms with Crippen molar-refractivity contribution in [1.29, 1.82) is 0 Å². The molecule has 4 amide bonds. The van der Waals surface area contributed by atoms with Gasteiger partial charge in [0.2, 0.25) is 23.5 Å². The molecule has 3 aromatic carbocycles. The molecule has 260 valence electrons. The molecule has 0 fully saturated rings. The van der Waals surface area contributed by atoms with Gasteiger partial charge in [0.05, 0.1) is 12.5 Å². The zero-order valence-corrected chi connectivity index (χ0v) is 28.8. The minimum Gasteiger partial charge on any atom is -0.480 e.